The van der Waals surface area contributed by atoms with Gasteiger partial charge in [0.15, 0.2) is 0 Å². The molecule has 2 unspecified atom stereocenters. The maximum Gasteiger partial charge on any atom is 0.0349 e. The Morgan fingerprint density at radius 3 is 2.67 bits per heavy atom. The second kappa shape index (κ2) is 4.21. The first-order chi connectivity index (χ1) is 5.61. The van der Waals surface area contributed by atoms with Gasteiger partial charge in [-0.05, 0) is 13.0 Å². The third kappa shape index (κ3) is 2.44. The lowest BCUT2D eigenvalue weighted by atomic mass is 9.96. The van der Waals surface area contributed by atoms with Crippen molar-refractivity contribution in [2.45, 2.75) is 25.9 Å². The largest absolute Gasteiger partial charge is 0.326 e. The highest BCUT2D eigenvalue weighted by Crippen LogP contribution is 2.07. The van der Waals surface area contributed by atoms with Crippen LogP contribution < -0.4 is 11.1 Å². The molecule has 1 rings (SSSR count). The second-order valence-corrected chi connectivity index (χ2v) is 4.14. The molecule has 12 heavy (non-hydrogen) atoms. The van der Waals surface area contributed by atoms with Crippen LogP contribution in [0.5, 0.6) is 0 Å². The first-order valence-electron chi connectivity index (χ1n) is 4.78. The van der Waals surface area contributed by atoms with Gasteiger partial charge in [-0.15, -0.1) is 0 Å². The fraction of sp³-hybridized carbons (Fsp3) is 1.00. The second-order valence-electron chi connectivity index (χ2n) is 4.14. The van der Waals surface area contributed by atoms with E-state index in [4.69, 9.17) is 5.73 Å². The fourth-order valence-corrected chi connectivity index (χ4v) is 1.65. The standard InChI is InChI=1S/C9H21N3/c1-7(2)9(10)8-6-12(3)5-4-11-8/h7-9,11H,4-6,10H2,1-3H3. The van der Waals surface area contributed by atoms with Crippen LogP contribution >= 0.6 is 0 Å². The number of rotatable bonds is 2. The zero-order valence-electron chi connectivity index (χ0n) is 8.38. The van der Waals surface area contributed by atoms with Crippen molar-refractivity contribution >= 4 is 0 Å². The van der Waals surface area contributed by atoms with Crippen LogP contribution in [0, 0.1) is 5.92 Å². The quantitative estimate of drug-likeness (QED) is 0.608. The molecule has 0 aliphatic carbocycles. The van der Waals surface area contributed by atoms with E-state index in [0.29, 0.717) is 12.0 Å². The van der Waals surface area contributed by atoms with Crippen molar-refractivity contribution in [2.24, 2.45) is 11.7 Å². The van der Waals surface area contributed by atoms with Crippen LogP contribution in [-0.4, -0.2) is 43.7 Å². The minimum atomic E-state index is 0.285. The summed E-state index contributed by atoms with van der Waals surface area (Å²) in [6, 6.07) is 0.761. The van der Waals surface area contributed by atoms with Crippen molar-refractivity contribution in [3.8, 4) is 0 Å². The predicted molar refractivity (Wildman–Crippen MR) is 52.1 cm³/mol. The molecule has 1 aliphatic heterocycles. The summed E-state index contributed by atoms with van der Waals surface area (Å²) < 4.78 is 0. The third-order valence-corrected chi connectivity index (χ3v) is 2.64. The number of hydrogen-bond donors (Lipinski definition) is 2. The Labute approximate surface area is 75.3 Å². The van der Waals surface area contributed by atoms with Gasteiger partial charge >= 0.3 is 0 Å². The molecule has 0 bridgehead atoms. The molecule has 0 amide bonds. The highest BCUT2D eigenvalue weighted by Gasteiger charge is 2.24. The van der Waals surface area contributed by atoms with Gasteiger partial charge in [-0.3, -0.25) is 0 Å². The molecular weight excluding hydrogens is 150 g/mol. The van der Waals surface area contributed by atoms with Gasteiger partial charge in [0.2, 0.25) is 0 Å². The van der Waals surface area contributed by atoms with Crippen molar-refractivity contribution in [3.63, 3.8) is 0 Å². The Morgan fingerprint density at radius 1 is 1.50 bits per heavy atom. The summed E-state index contributed by atoms with van der Waals surface area (Å²) in [6.45, 7) is 7.66. The first-order valence-corrected chi connectivity index (χ1v) is 4.78. The fourth-order valence-electron chi connectivity index (χ4n) is 1.65. The molecule has 0 aromatic heterocycles. The normalized spacial score (nSPS) is 29.2. The predicted octanol–water partition coefficient (Wildman–Crippen LogP) is -0.127. The van der Waals surface area contributed by atoms with Crippen LogP contribution in [0.4, 0.5) is 0 Å². The van der Waals surface area contributed by atoms with E-state index in [2.05, 4.69) is 31.1 Å². The lowest BCUT2D eigenvalue weighted by molar-refractivity contribution is 0.203. The van der Waals surface area contributed by atoms with E-state index in [9.17, 15) is 0 Å². The molecule has 72 valence electrons. The number of likely N-dealkylation sites (N-methyl/N-ethyl adjacent to an activating group) is 1. The Kier molecular flexibility index (Phi) is 3.50. The van der Waals surface area contributed by atoms with E-state index >= 15 is 0 Å². The summed E-state index contributed by atoms with van der Waals surface area (Å²) in [6.07, 6.45) is 0. The molecule has 1 saturated heterocycles. The van der Waals surface area contributed by atoms with Gasteiger partial charge in [0.1, 0.15) is 0 Å². The van der Waals surface area contributed by atoms with Gasteiger partial charge in [-0.1, -0.05) is 13.8 Å². The maximum atomic E-state index is 6.06. The van der Waals surface area contributed by atoms with E-state index in [1.54, 1.807) is 0 Å². The molecule has 3 heteroatoms. The van der Waals surface area contributed by atoms with Crippen LogP contribution in [0.3, 0.4) is 0 Å². The Balaban J connectivity index is 2.40. The summed E-state index contributed by atoms with van der Waals surface area (Å²) in [4.78, 5) is 2.34. The molecule has 1 fully saturated rings. The molecule has 3 N–H and O–H groups in total. The van der Waals surface area contributed by atoms with Gasteiger partial charge in [0.25, 0.3) is 0 Å². The molecule has 0 saturated carbocycles. The topological polar surface area (TPSA) is 41.3 Å². The third-order valence-electron chi connectivity index (χ3n) is 2.64. The van der Waals surface area contributed by atoms with Gasteiger partial charge in [0, 0.05) is 31.7 Å². The van der Waals surface area contributed by atoms with Crippen LogP contribution in [0.15, 0.2) is 0 Å². The van der Waals surface area contributed by atoms with Gasteiger partial charge in [0.05, 0.1) is 0 Å². The molecular formula is C9H21N3. The van der Waals surface area contributed by atoms with E-state index in [0.717, 1.165) is 19.6 Å². The van der Waals surface area contributed by atoms with Crippen LogP contribution in [-0.2, 0) is 0 Å². The van der Waals surface area contributed by atoms with Crippen molar-refractivity contribution in [3.05, 3.63) is 0 Å². The number of nitrogens with two attached hydrogens (primary N) is 1. The molecule has 0 aromatic carbocycles. The number of hydrogen-bond acceptors (Lipinski definition) is 3. The average molecular weight is 171 g/mol. The lowest BCUT2D eigenvalue weighted by Crippen LogP contribution is -2.58. The first kappa shape index (κ1) is 9.96. The van der Waals surface area contributed by atoms with Crippen LogP contribution in [0.1, 0.15) is 13.8 Å². The smallest absolute Gasteiger partial charge is 0.0349 e. The minimum Gasteiger partial charge on any atom is -0.326 e. The number of nitrogens with one attached hydrogen (secondary N) is 1. The maximum absolute atomic E-state index is 6.06. The summed E-state index contributed by atoms with van der Waals surface area (Å²) in [5, 5.41) is 3.46. The average Bonchev–Trinajstić information content (AvgIpc) is 2.03. The summed E-state index contributed by atoms with van der Waals surface area (Å²) in [5.41, 5.74) is 6.06. The Hall–Kier alpha value is -0.120. The van der Waals surface area contributed by atoms with Gasteiger partial charge < -0.3 is 16.0 Å². The van der Waals surface area contributed by atoms with Crippen LogP contribution in [0.2, 0.25) is 0 Å². The lowest BCUT2D eigenvalue weighted by Gasteiger charge is -2.35. The zero-order chi connectivity index (χ0) is 9.14. The summed E-state index contributed by atoms with van der Waals surface area (Å²) >= 11 is 0. The number of nitrogens with zero attached hydrogens (tertiary/aromatic N) is 1. The summed E-state index contributed by atoms with van der Waals surface area (Å²) in [7, 11) is 2.15. The van der Waals surface area contributed by atoms with Crippen molar-refractivity contribution in [1.29, 1.82) is 0 Å². The molecule has 0 aromatic rings. The molecule has 0 radical (unpaired) electrons. The van der Waals surface area contributed by atoms with E-state index < -0.39 is 0 Å². The van der Waals surface area contributed by atoms with E-state index in [1.165, 1.54) is 0 Å². The Morgan fingerprint density at radius 2 is 2.17 bits per heavy atom. The molecule has 1 heterocycles. The highest BCUT2D eigenvalue weighted by atomic mass is 15.2. The van der Waals surface area contributed by atoms with E-state index in [1.807, 2.05) is 0 Å². The van der Waals surface area contributed by atoms with E-state index in [-0.39, 0.29) is 6.04 Å². The van der Waals surface area contributed by atoms with Crippen molar-refractivity contribution in [1.82, 2.24) is 10.2 Å². The SMILES string of the molecule is CC(C)C(N)C1CN(C)CCN1. The van der Waals surface area contributed by atoms with Gasteiger partial charge in [-0.2, -0.15) is 0 Å². The number of piperazine rings is 1. The van der Waals surface area contributed by atoms with Crippen molar-refractivity contribution < 1.29 is 0 Å². The zero-order valence-corrected chi connectivity index (χ0v) is 8.38. The molecule has 2 atom stereocenters. The molecule has 1 aliphatic rings. The highest BCUT2D eigenvalue weighted by molar-refractivity contribution is 4.87. The van der Waals surface area contributed by atoms with Crippen molar-refractivity contribution in [2.75, 3.05) is 26.7 Å². The molecule has 0 spiro atoms. The molecule has 3 nitrogen and oxygen atoms in total. The minimum absolute atomic E-state index is 0.285. The Bertz CT molecular complexity index is 136. The monoisotopic (exact) mass is 171 g/mol. The summed E-state index contributed by atoms with van der Waals surface area (Å²) in [5.74, 6) is 0.564. The van der Waals surface area contributed by atoms with Gasteiger partial charge in [-0.25, -0.2) is 0 Å². The van der Waals surface area contributed by atoms with Crippen LogP contribution in [0.25, 0.3) is 0 Å².